The topological polar surface area (TPSA) is 72.5 Å². The molecule has 0 saturated heterocycles. The summed E-state index contributed by atoms with van der Waals surface area (Å²) in [5.41, 5.74) is 0. The molecule has 1 atom stereocenters. The molecule has 5 nitrogen and oxygen atoms in total. The van der Waals surface area contributed by atoms with Crippen LogP contribution in [0.1, 0.15) is 33.1 Å². The Morgan fingerprint density at radius 3 is 2.33 bits per heavy atom. The minimum Gasteiger partial charge on any atom is -0.467 e. The van der Waals surface area contributed by atoms with E-state index in [1.165, 1.54) is 14.0 Å². The SMILES string of the molecule is CCCC(NC(=O)CC(C)=O)C(=O)OC. The average Bonchev–Trinajstić information content (AvgIpc) is 2.14. The molecular weight excluding hydrogens is 198 g/mol. The van der Waals surface area contributed by atoms with E-state index in [0.717, 1.165) is 6.42 Å². The number of carbonyl (C=O) groups is 3. The van der Waals surface area contributed by atoms with Crippen LogP contribution < -0.4 is 5.32 Å². The number of hydrogen-bond acceptors (Lipinski definition) is 4. The molecule has 0 aromatic heterocycles. The van der Waals surface area contributed by atoms with Gasteiger partial charge in [0.2, 0.25) is 5.91 Å². The second kappa shape index (κ2) is 6.98. The summed E-state index contributed by atoms with van der Waals surface area (Å²) in [6.07, 6.45) is 1.06. The molecular formula is C10H17NO4. The summed E-state index contributed by atoms with van der Waals surface area (Å²) in [6.45, 7) is 3.22. The van der Waals surface area contributed by atoms with Crippen molar-refractivity contribution < 1.29 is 19.1 Å². The number of hydrogen-bond donors (Lipinski definition) is 1. The molecule has 1 amide bonds. The van der Waals surface area contributed by atoms with Crippen LogP contribution in [-0.2, 0) is 19.1 Å². The van der Waals surface area contributed by atoms with E-state index in [4.69, 9.17) is 0 Å². The van der Waals surface area contributed by atoms with Gasteiger partial charge in [-0.1, -0.05) is 13.3 Å². The van der Waals surface area contributed by atoms with E-state index in [1.54, 1.807) is 0 Å². The highest BCUT2D eigenvalue weighted by Gasteiger charge is 2.20. The maximum atomic E-state index is 11.2. The van der Waals surface area contributed by atoms with Crippen LogP contribution in [0.25, 0.3) is 0 Å². The van der Waals surface area contributed by atoms with Gasteiger partial charge in [0.25, 0.3) is 0 Å². The van der Waals surface area contributed by atoms with Crippen molar-refractivity contribution in [1.82, 2.24) is 5.32 Å². The van der Waals surface area contributed by atoms with Crippen molar-refractivity contribution in [1.29, 1.82) is 0 Å². The molecule has 0 rings (SSSR count). The Morgan fingerprint density at radius 1 is 1.33 bits per heavy atom. The molecule has 15 heavy (non-hydrogen) atoms. The summed E-state index contributed by atoms with van der Waals surface area (Å²) >= 11 is 0. The Hall–Kier alpha value is -1.39. The zero-order chi connectivity index (χ0) is 11.8. The number of amides is 1. The van der Waals surface area contributed by atoms with Gasteiger partial charge in [-0.05, 0) is 13.3 Å². The summed E-state index contributed by atoms with van der Waals surface area (Å²) in [7, 11) is 1.27. The largest absolute Gasteiger partial charge is 0.467 e. The fourth-order valence-electron chi connectivity index (χ4n) is 1.15. The van der Waals surface area contributed by atoms with Gasteiger partial charge in [-0.25, -0.2) is 4.79 Å². The number of ketones is 1. The zero-order valence-corrected chi connectivity index (χ0v) is 9.33. The Morgan fingerprint density at radius 2 is 1.93 bits per heavy atom. The smallest absolute Gasteiger partial charge is 0.328 e. The average molecular weight is 215 g/mol. The third kappa shape index (κ3) is 5.83. The number of ether oxygens (including phenoxy) is 1. The fraction of sp³-hybridized carbons (Fsp3) is 0.700. The lowest BCUT2D eigenvalue weighted by molar-refractivity contribution is -0.145. The van der Waals surface area contributed by atoms with Gasteiger partial charge in [0, 0.05) is 0 Å². The first-order valence-corrected chi connectivity index (χ1v) is 4.87. The number of carbonyl (C=O) groups excluding carboxylic acids is 3. The molecule has 1 N–H and O–H groups in total. The summed E-state index contributed by atoms with van der Waals surface area (Å²) < 4.78 is 4.53. The lowest BCUT2D eigenvalue weighted by Crippen LogP contribution is -2.41. The van der Waals surface area contributed by atoms with Crippen LogP contribution in [0.5, 0.6) is 0 Å². The van der Waals surface area contributed by atoms with Gasteiger partial charge in [0.1, 0.15) is 11.8 Å². The lowest BCUT2D eigenvalue weighted by atomic mass is 10.1. The normalized spacial score (nSPS) is 11.7. The fourth-order valence-corrected chi connectivity index (χ4v) is 1.15. The van der Waals surface area contributed by atoms with Crippen molar-refractivity contribution in [3.05, 3.63) is 0 Å². The van der Waals surface area contributed by atoms with Crippen LogP contribution >= 0.6 is 0 Å². The quantitative estimate of drug-likeness (QED) is 0.515. The molecule has 0 heterocycles. The van der Waals surface area contributed by atoms with Gasteiger partial charge in [0.15, 0.2) is 0 Å². The minimum absolute atomic E-state index is 0.197. The molecule has 0 aliphatic rings. The van der Waals surface area contributed by atoms with Gasteiger partial charge in [-0.3, -0.25) is 9.59 Å². The minimum atomic E-state index is -0.646. The van der Waals surface area contributed by atoms with Crippen molar-refractivity contribution in [3.63, 3.8) is 0 Å². The molecule has 0 aromatic rings. The number of esters is 1. The van der Waals surface area contributed by atoms with Crippen molar-refractivity contribution >= 4 is 17.7 Å². The van der Waals surface area contributed by atoms with E-state index in [-0.39, 0.29) is 12.2 Å². The molecule has 0 bridgehead atoms. The van der Waals surface area contributed by atoms with Gasteiger partial charge in [-0.15, -0.1) is 0 Å². The van der Waals surface area contributed by atoms with E-state index < -0.39 is 17.9 Å². The first-order valence-electron chi connectivity index (χ1n) is 4.87. The van der Waals surface area contributed by atoms with E-state index in [1.807, 2.05) is 6.92 Å². The van der Waals surface area contributed by atoms with Crippen molar-refractivity contribution in [2.75, 3.05) is 7.11 Å². The van der Waals surface area contributed by atoms with Gasteiger partial charge < -0.3 is 10.1 Å². The highest BCUT2D eigenvalue weighted by molar-refractivity contribution is 5.98. The van der Waals surface area contributed by atoms with E-state index >= 15 is 0 Å². The number of rotatable bonds is 6. The summed E-state index contributed by atoms with van der Waals surface area (Å²) in [6, 6.07) is -0.646. The molecule has 0 aliphatic heterocycles. The predicted molar refractivity (Wildman–Crippen MR) is 54.2 cm³/mol. The zero-order valence-electron chi connectivity index (χ0n) is 9.33. The van der Waals surface area contributed by atoms with Crippen LogP contribution in [0, 0.1) is 0 Å². The third-order valence-electron chi connectivity index (χ3n) is 1.81. The number of methoxy groups -OCH3 is 1. The Labute approximate surface area is 89.2 Å². The van der Waals surface area contributed by atoms with Gasteiger partial charge >= 0.3 is 5.97 Å². The highest BCUT2D eigenvalue weighted by Crippen LogP contribution is 1.99. The van der Waals surface area contributed by atoms with Crippen LogP contribution in [0.3, 0.4) is 0 Å². The number of Topliss-reactive ketones (excluding diaryl/α,β-unsaturated/α-hetero) is 1. The molecule has 5 heteroatoms. The van der Waals surface area contributed by atoms with Crippen LogP contribution in [-0.4, -0.2) is 30.8 Å². The van der Waals surface area contributed by atoms with Crippen molar-refractivity contribution in [3.8, 4) is 0 Å². The molecule has 0 radical (unpaired) electrons. The van der Waals surface area contributed by atoms with Crippen LogP contribution in [0.2, 0.25) is 0 Å². The van der Waals surface area contributed by atoms with Gasteiger partial charge in [-0.2, -0.15) is 0 Å². The van der Waals surface area contributed by atoms with Crippen LogP contribution in [0.15, 0.2) is 0 Å². The third-order valence-corrected chi connectivity index (χ3v) is 1.81. The van der Waals surface area contributed by atoms with E-state index in [2.05, 4.69) is 10.1 Å². The first-order chi connectivity index (χ1) is 7.01. The summed E-state index contributed by atoms with van der Waals surface area (Å²) in [5.74, 6) is -1.15. The number of nitrogens with one attached hydrogen (secondary N) is 1. The molecule has 86 valence electrons. The maximum Gasteiger partial charge on any atom is 0.328 e. The molecule has 0 spiro atoms. The molecule has 0 aliphatic carbocycles. The predicted octanol–water partition coefficient (Wildman–Crippen LogP) is 0.423. The molecule has 0 fully saturated rings. The summed E-state index contributed by atoms with van der Waals surface area (Å²) in [4.78, 5) is 33.1. The second-order valence-electron chi connectivity index (χ2n) is 3.31. The Bertz CT molecular complexity index is 250. The molecule has 0 aromatic carbocycles. The van der Waals surface area contributed by atoms with E-state index in [9.17, 15) is 14.4 Å². The monoisotopic (exact) mass is 215 g/mol. The Kier molecular flexibility index (Phi) is 6.33. The van der Waals surface area contributed by atoms with Crippen molar-refractivity contribution in [2.24, 2.45) is 0 Å². The molecule has 0 saturated carbocycles. The van der Waals surface area contributed by atoms with Gasteiger partial charge in [0.05, 0.1) is 13.5 Å². The summed E-state index contributed by atoms with van der Waals surface area (Å²) in [5, 5.41) is 2.47. The van der Waals surface area contributed by atoms with Crippen LogP contribution in [0.4, 0.5) is 0 Å². The Balaban J connectivity index is 4.21. The first kappa shape index (κ1) is 13.6. The second-order valence-corrected chi connectivity index (χ2v) is 3.31. The van der Waals surface area contributed by atoms with E-state index in [0.29, 0.717) is 6.42 Å². The lowest BCUT2D eigenvalue weighted by Gasteiger charge is -2.14. The van der Waals surface area contributed by atoms with Crippen molar-refractivity contribution in [2.45, 2.75) is 39.2 Å². The highest BCUT2D eigenvalue weighted by atomic mass is 16.5. The molecule has 1 unspecified atom stereocenters. The standard InChI is InChI=1S/C10H17NO4/c1-4-5-8(10(14)15-3)11-9(13)6-7(2)12/h8H,4-6H2,1-3H3,(H,11,13). The maximum absolute atomic E-state index is 11.2.